The zero-order valence-corrected chi connectivity index (χ0v) is 18.7. The third-order valence-electron chi connectivity index (χ3n) is 5.26. The zero-order chi connectivity index (χ0) is 20.6. The molecule has 1 heterocycles. The van der Waals surface area contributed by atoms with E-state index in [1.165, 1.54) is 19.4 Å². The van der Waals surface area contributed by atoms with Crippen LogP contribution in [-0.2, 0) is 13.2 Å². The predicted molar refractivity (Wildman–Crippen MR) is 120 cm³/mol. The van der Waals surface area contributed by atoms with Crippen LogP contribution in [0.5, 0.6) is 11.5 Å². The molecule has 1 fully saturated rings. The molecule has 6 heteroatoms. The van der Waals surface area contributed by atoms with E-state index in [1.807, 2.05) is 43.3 Å². The van der Waals surface area contributed by atoms with Gasteiger partial charge in [0.2, 0.25) is 0 Å². The fraction of sp³-hybridized carbons (Fsp3) is 0.478. The summed E-state index contributed by atoms with van der Waals surface area (Å²) in [6.07, 6.45) is 2.56. The van der Waals surface area contributed by atoms with Crippen molar-refractivity contribution in [3.05, 3.63) is 57.6 Å². The van der Waals surface area contributed by atoms with Crippen LogP contribution in [0.25, 0.3) is 0 Å². The minimum absolute atomic E-state index is 0.381. The summed E-state index contributed by atoms with van der Waals surface area (Å²) in [6, 6.07) is 12.2. The Balaban J connectivity index is 1.64. The van der Waals surface area contributed by atoms with Gasteiger partial charge in [0.15, 0.2) is 11.5 Å². The lowest BCUT2D eigenvalue weighted by Crippen LogP contribution is -2.37. The molecule has 2 aromatic rings. The van der Waals surface area contributed by atoms with E-state index in [2.05, 4.69) is 17.1 Å². The molecule has 0 radical (unpaired) electrons. The molecule has 1 atom stereocenters. The maximum atomic E-state index is 6.55. The van der Waals surface area contributed by atoms with Crippen LogP contribution in [0.3, 0.4) is 0 Å². The van der Waals surface area contributed by atoms with Crippen molar-refractivity contribution in [2.24, 2.45) is 0 Å². The van der Waals surface area contributed by atoms with Crippen molar-refractivity contribution in [2.75, 3.05) is 26.2 Å². The van der Waals surface area contributed by atoms with Gasteiger partial charge in [0.1, 0.15) is 6.61 Å². The van der Waals surface area contributed by atoms with Gasteiger partial charge in [-0.05, 0) is 68.2 Å². The summed E-state index contributed by atoms with van der Waals surface area (Å²) in [5.74, 6) is 1.25. The van der Waals surface area contributed by atoms with Crippen LogP contribution in [0.15, 0.2) is 36.4 Å². The second kappa shape index (κ2) is 11.1. The molecule has 1 aliphatic heterocycles. The van der Waals surface area contributed by atoms with Gasteiger partial charge in [-0.3, -0.25) is 4.90 Å². The molecule has 0 saturated carbocycles. The maximum Gasteiger partial charge on any atom is 0.180 e. The lowest BCUT2D eigenvalue weighted by atomic mass is 10.1. The summed E-state index contributed by atoms with van der Waals surface area (Å²) in [5.41, 5.74) is 2.08. The summed E-state index contributed by atoms with van der Waals surface area (Å²) in [7, 11) is 0. The molecule has 0 aliphatic carbocycles. The Hall–Kier alpha value is -1.46. The number of rotatable bonds is 10. The van der Waals surface area contributed by atoms with Gasteiger partial charge in [-0.1, -0.05) is 42.3 Å². The number of nitrogens with zero attached hydrogens (tertiary/aromatic N) is 1. The van der Waals surface area contributed by atoms with Crippen molar-refractivity contribution in [1.82, 2.24) is 10.2 Å². The van der Waals surface area contributed by atoms with Crippen LogP contribution >= 0.6 is 23.2 Å². The molecule has 0 unspecified atom stereocenters. The van der Waals surface area contributed by atoms with Gasteiger partial charge in [-0.25, -0.2) is 0 Å². The Bertz CT molecular complexity index is 800. The van der Waals surface area contributed by atoms with Gasteiger partial charge in [-0.15, -0.1) is 0 Å². The molecule has 1 aliphatic rings. The van der Waals surface area contributed by atoms with Crippen molar-refractivity contribution in [1.29, 1.82) is 0 Å². The highest BCUT2D eigenvalue weighted by Gasteiger charge is 2.22. The van der Waals surface area contributed by atoms with Gasteiger partial charge in [0.25, 0.3) is 0 Å². The Morgan fingerprint density at radius 3 is 2.72 bits per heavy atom. The summed E-state index contributed by atoms with van der Waals surface area (Å²) >= 11 is 12.6. The molecular weight excluding hydrogens is 407 g/mol. The molecule has 4 nitrogen and oxygen atoms in total. The fourth-order valence-corrected chi connectivity index (χ4v) is 4.34. The summed E-state index contributed by atoms with van der Waals surface area (Å²) in [6.45, 7) is 9.19. The number of nitrogens with one attached hydrogen (secondary N) is 1. The average Bonchev–Trinajstić information content (AvgIpc) is 3.15. The standard InChI is InChI=1S/C23H30Cl2N2O2/c1-3-27-10-6-9-20(27)15-26-14-18-12-21(25)23(22(13-18)28-4-2)29-16-17-7-5-8-19(24)11-17/h5,7-8,11-13,20,26H,3-4,6,9-10,14-16H2,1-2H3/t20-/m1/s1. The minimum Gasteiger partial charge on any atom is -0.490 e. The molecule has 1 N–H and O–H groups in total. The SMILES string of the molecule is CCOc1cc(CNC[C@H]2CCCN2CC)cc(Cl)c1OCc1cccc(Cl)c1. The Labute approximate surface area is 184 Å². The van der Waals surface area contributed by atoms with Crippen molar-refractivity contribution < 1.29 is 9.47 Å². The third-order valence-corrected chi connectivity index (χ3v) is 5.77. The topological polar surface area (TPSA) is 33.7 Å². The van der Waals surface area contributed by atoms with E-state index in [1.54, 1.807) is 0 Å². The summed E-state index contributed by atoms with van der Waals surface area (Å²) < 4.78 is 11.8. The lowest BCUT2D eigenvalue weighted by Gasteiger charge is -2.23. The van der Waals surface area contributed by atoms with Crippen LogP contribution < -0.4 is 14.8 Å². The molecule has 1 saturated heterocycles. The van der Waals surface area contributed by atoms with E-state index in [-0.39, 0.29) is 0 Å². The highest BCUT2D eigenvalue weighted by atomic mass is 35.5. The van der Waals surface area contributed by atoms with Gasteiger partial charge in [-0.2, -0.15) is 0 Å². The van der Waals surface area contributed by atoms with E-state index in [0.29, 0.717) is 40.8 Å². The minimum atomic E-state index is 0.381. The molecule has 29 heavy (non-hydrogen) atoms. The monoisotopic (exact) mass is 436 g/mol. The molecule has 0 amide bonds. The first-order chi connectivity index (χ1) is 14.1. The van der Waals surface area contributed by atoms with Crippen molar-refractivity contribution in [3.8, 4) is 11.5 Å². The quantitative estimate of drug-likeness (QED) is 0.529. The van der Waals surface area contributed by atoms with Crippen molar-refractivity contribution in [3.63, 3.8) is 0 Å². The van der Waals surface area contributed by atoms with E-state index in [4.69, 9.17) is 32.7 Å². The largest absolute Gasteiger partial charge is 0.490 e. The van der Waals surface area contributed by atoms with Crippen molar-refractivity contribution in [2.45, 2.75) is 45.9 Å². The second-order valence-electron chi connectivity index (χ2n) is 7.31. The summed E-state index contributed by atoms with van der Waals surface area (Å²) in [5, 5.41) is 4.83. The van der Waals surface area contributed by atoms with Crippen LogP contribution in [0.4, 0.5) is 0 Å². The van der Waals surface area contributed by atoms with Gasteiger partial charge >= 0.3 is 0 Å². The Kier molecular flexibility index (Phi) is 8.49. The van der Waals surface area contributed by atoms with E-state index >= 15 is 0 Å². The first kappa shape index (κ1) is 22.2. The normalized spacial score (nSPS) is 16.9. The molecule has 158 valence electrons. The van der Waals surface area contributed by atoms with E-state index < -0.39 is 0 Å². The second-order valence-corrected chi connectivity index (χ2v) is 8.16. The van der Waals surface area contributed by atoms with Crippen LogP contribution in [-0.4, -0.2) is 37.2 Å². The van der Waals surface area contributed by atoms with Gasteiger partial charge in [0, 0.05) is 24.2 Å². The number of ether oxygens (including phenoxy) is 2. The summed E-state index contributed by atoms with van der Waals surface area (Å²) in [4.78, 5) is 2.54. The van der Waals surface area contributed by atoms with Crippen LogP contribution in [0.2, 0.25) is 10.0 Å². The molecule has 0 spiro atoms. The van der Waals surface area contributed by atoms with Crippen LogP contribution in [0, 0.1) is 0 Å². The van der Waals surface area contributed by atoms with Gasteiger partial charge in [0.05, 0.1) is 11.6 Å². The molecular formula is C23H30Cl2N2O2. The van der Waals surface area contributed by atoms with Crippen molar-refractivity contribution >= 4 is 23.2 Å². The number of hydrogen-bond acceptors (Lipinski definition) is 4. The molecule has 0 aromatic heterocycles. The molecule has 3 rings (SSSR count). The maximum absolute atomic E-state index is 6.55. The number of benzene rings is 2. The number of hydrogen-bond donors (Lipinski definition) is 1. The number of likely N-dealkylation sites (tertiary alicyclic amines) is 1. The first-order valence-corrected chi connectivity index (χ1v) is 11.1. The highest BCUT2D eigenvalue weighted by molar-refractivity contribution is 6.32. The molecule has 0 bridgehead atoms. The van der Waals surface area contributed by atoms with Gasteiger partial charge < -0.3 is 14.8 Å². The third kappa shape index (κ3) is 6.26. The number of likely N-dealkylation sites (N-methyl/N-ethyl adjacent to an activating group) is 1. The van der Waals surface area contributed by atoms with Crippen LogP contribution in [0.1, 0.15) is 37.8 Å². The zero-order valence-electron chi connectivity index (χ0n) is 17.2. The smallest absolute Gasteiger partial charge is 0.180 e. The highest BCUT2D eigenvalue weighted by Crippen LogP contribution is 2.37. The fourth-order valence-electron chi connectivity index (χ4n) is 3.83. The number of halogens is 2. The first-order valence-electron chi connectivity index (χ1n) is 10.4. The Morgan fingerprint density at radius 1 is 1.10 bits per heavy atom. The molecule has 2 aromatic carbocycles. The Morgan fingerprint density at radius 2 is 1.97 bits per heavy atom. The van der Waals surface area contributed by atoms with E-state index in [0.717, 1.165) is 30.8 Å². The predicted octanol–water partition coefficient (Wildman–Crippen LogP) is 5.55. The van der Waals surface area contributed by atoms with E-state index in [9.17, 15) is 0 Å². The average molecular weight is 437 g/mol. The lowest BCUT2D eigenvalue weighted by molar-refractivity contribution is 0.259.